The van der Waals surface area contributed by atoms with Crippen LogP contribution in [0.25, 0.3) is 0 Å². The topological polar surface area (TPSA) is 17.1 Å². The van der Waals surface area contributed by atoms with E-state index < -0.39 is 28.8 Å². The molecule has 0 saturated carbocycles. The van der Waals surface area contributed by atoms with Crippen LogP contribution in [0.1, 0.15) is 15.9 Å². The Morgan fingerprint density at radius 1 is 1.12 bits per heavy atom. The molecule has 0 amide bonds. The maximum absolute atomic E-state index is 13.3. The van der Waals surface area contributed by atoms with Crippen LogP contribution in [0.15, 0.2) is 27.4 Å². The summed E-state index contributed by atoms with van der Waals surface area (Å²) >= 11 is 4.36. The molecule has 0 bridgehead atoms. The SMILES string of the molecule is O=C(c1csc(Br)c1)c1c(F)cc(F)cc1F. The normalized spacial score (nSPS) is 10.6. The second kappa shape index (κ2) is 4.62. The maximum atomic E-state index is 13.3. The second-order valence-corrected chi connectivity index (χ2v) is 5.50. The van der Waals surface area contributed by atoms with E-state index in [9.17, 15) is 18.0 Å². The molecule has 0 fully saturated rings. The van der Waals surface area contributed by atoms with Crippen LogP contribution in [0, 0.1) is 17.5 Å². The van der Waals surface area contributed by atoms with Gasteiger partial charge in [0.2, 0.25) is 0 Å². The highest BCUT2D eigenvalue weighted by molar-refractivity contribution is 9.11. The molecule has 2 aromatic rings. The third kappa shape index (κ3) is 2.42. The molecule has 0 aliphatic carbocycles. The van der Waals surface area contributed by atoms with Gasteiger partial charge in [-0.3, -0.25) is 4.79 Å². The van der Waals surface area contributed by atoms with E-state index in [4.69, 9.17) is 0 Å². The van der Waals surface area contributed by atoms with Gasteiger partial charge in [-0.25, -0.2) is 13.2 Å². The molecule has 1 aromatic carbocycles. The molecule has 1 nitrogen and oxygen atoms in total. The minimum atomic E-state index is -1.20. The average molecular weight is 321 g/mol. The Bertz CT molecular complexity index is 571. The summed E-state index contributed by atoms with van der Waals surface area (Å²) in [4.78, 5) is 11.8. The number of carbonyl (C=O) groups excluding carboxylic acids is 1. The summed E-state index contributed by atoms with van der Waals surface area (Å²) in [6.45, 7) is 0. The maximum Gasteiger partial charge on any atom is 0.199 e. The van der Waals surface area contributed by atoms with Gasteiger partial charge < -0.3 is 0 Å². The van der Waals surface area contributed by atoms with Crippen LogP contribution in [-0.2, 0) is 0 Å². The van der Waals surface area contributed by atoms with Gasteiger partial charge in [0, 0.05) is 23.1 Å². The number of rotatable bonds is 2. The number of carbonyl (C=O) groups is 1. The zero-order chi connectivity index (χ0) is 12.6. The molecule has 0 spiro atoms. The van der Waals surface area contributed by atoms with E-state index in [0.717, 1.165) is 0 Å². The van der Waals surface area contributed by atoms with Crippen LogP contribution >= 0.6 is 27.3 Å². The van der Waals surface area contributed by atoms with Crippen molar-refractivity contribution in [2.75, 3.05) is 0 Å². The minimum absolute atomic E-state index is 0.159. The van der Waals surface area contributed by atoms with Crippen molar-refractivity contribution in [1.29, 1.82) is 0 Å². The number of hydrogen-bond acceptors (Lipinski definition) is 2. The third-order valence-electron chi connectivity index (χ3n) is 2.06. The Balaban J connectivity index is 2.51. The van der Waals surface area contributed by atoms with Gasteiger partial charge >= 0.3 is 0 Å². The van der Waals surface area contributed by atoms with Crippen molar-refractivity contribution in [3.63, 3.8) is 0 Å². The van der Waals surface area contributed by atoms with Crippen molar-refractivity contribution in [3.05, 3.63) is 55.9 Å². The van der Waals surface area contributed by atoms with Crippen LogP contribution in [0.3, 0.4) is 0 Å². The molecular formula is C11H4BrF3OS. The molecule has 6 heteroatoms. The average Bonchev–Trinajstić information content (AvgIpc) is 2.63. The van der Waals surface area contributed by atoms with E-state index >= 15 is 0 Å². The summed E-state index contributed by atoms with van der Waals surface area (Å²) < 4.78 is 40.0. The van der Waals surface area contributed by atoms with Gasteiger partial charge in [0.05, 0.1) is 9.35 Å². The highest BCUT2D eigenvalue weighted by atomic mass is 79.9. The van der Waals surface area contributed by atoms with Gasteiger partial charge in [-0.05, 0) is 22.0 Å². The highest BCUT2D eigenvalue weighted by Crippen LogP contribution is 2.25. The van der Waals surface area contributed by atoms with Gasteiger partial charge in [0.25, 0.3) is 0 Å². The first kappa shape index (κ1) is 12.3. The first-order valence-corrected chi connectivity index (χ1v) is 6.09. The third-order valence-corrected chi connectivity index (χ3v) is 3.57. The van der Waals surface area contributed by atoms with E-state index in [1.54, 1.807) is 0 Å². The molecule has 0 aliphatic heterocycles. The fourth-order valence-corrected chi connectivity index (χ4v) is 2.47. The van der Waals surface area contributed by atoms with Gasteiger partial charge in [-0.2, -0.15) is 0 Å². The summed E-state index contributed by atoms with van der Waals surface area (Å²) in [5.41, 5.74) is -0.581. The van der Waals surface area contributed by atoms with Gasteiger partial charge in [0.1, 0.15) is 17.5 Å². The Hall–Kier alpha value is -1.14. The number of benzene rings is 1. The van der Waals surface area contributed by atoms with E-state index in [-0.39, 0.29) is 5.56 Å². The molecule has 0 unspecified atom stereocenters. The van der Waals surface area contributed by atoms with Crippen LogP contribution < -0.4 is 0 Å². The lowest BCUT2D eigenvalue weighted by atomic mass is 10.0. The van der Waals surface area contributed by atoms with Gasteiger partial charge in [-0.15, -0.1) is 11.3 Å². The Morgan fingerprint density at radius 2 is 1.71 bits per heavy atom. The standard InChI is InChI=1S/C11H4BrF3OS/c12-9-1-5(4-17-9)11(16)10-7(14)2-6(13)3-8(10)15/h1-4H. The number of halogens is 4. The molecule has 17 heavy (non-hydrogen) atoms. The molecule has 0 N–H and O–H groups in total. The molecule has 1 aromatic heterocycles. The van der Waals surface area contributed by atoms with Crippen molar-refractivity contribution in [3.8, 4) is 0 Å². The fraction of sp³-hybridized carbons (Fsp3) is 0. The molecule has 0 aliphatic rings. The van der Waals surface area contributed by atoms with E-state index in [2.05, 4.69) is 15.9 Å². The zero-order valence-electron chi connectivity index (χ0n) is 8.14. The largest absolute Gasteiger partial charge is 0.288 e. The lowest BCUT2D eigenvalue weighted by Gasteiger charge is -2.02. The van der Waals surface area contributed by atoms with Crippen molar-refractivity contribution >= 4 is 33.0 Å². The predicted molar refractivity (Wildman–Crippen MR) is 61.8 cm³/mol. The summed E-state index contributed by atoms with van der Waals surface area (Å²) in [5.74, 6) is -4.25. The van der Waals surface area contributed by atoms with Crippen LogP contribution in [0.4, 0.5) is 13.2 Å². The Morgan fingerprint density at radius 3 is 2.18 bits per heavy atom. The quantitative estimate of drug-likeness (QED) is 0.759. The summed E-state index contributed by atoms with van der Waals surface area (Å²) in [7, 11) is 0. The van der Waals surface area contributed by atoms with Gasteiger partial charge in [-0.1, -0.05) is 0 Å². The molecular weight excluding hydrogens is 317 g/mol. The fourth-order valence-electron chi connectivity index (χ4n) is 1.33. The Kier molecular flexibility index (Phi) is 3.35. The van der Waals surface area contributed by atoms with Crippen molar-refractivity contribution in [2.24, 2.45) is 0 Å². The minimum Gasteiger partial charge on any atom is -0.288 e. The van der Waals surface area contributed by atoms with E-state index in [1.807, 2.05) is 0 Å². The molecule has 88 valence electrons. The van der Waals surface area contributed by atoms with Crippen LogP contribution in [0.2, 0.25) is 0 Å². The molecule has 2 rings (SSSR count). The van der Waals surface area contributed by atoms with E-state index in [1.165, 1.54) is 22.8 Å². The molecule has 1 heterocycles. The van der Waals surface area contributed by atoms with E-state index in [0.29, 0.717) is 15.9 Å². The lowest BCUT2D eigenvalue weighted by molar-refractivity contribution is 0.103. The van der Waals surface area contributed by atoms with Crippen LogP contribution in [-0.4, -0.2) is 5.78 Å². The highest BCUT2D eigenvalue weighted by Gasteiger charge is 2.21. The molecule has 0 saturated heterocycles. The lowest BCUT2D eigenvalue weighted by Crippen LogP contribution is -2.07. The summed E-state index contributed by atoms with van der Waals surface area (Å²) in [6, 6.07) is 2.42. The first-order chi connectivity index (χ1) is 7.99. The number of hydrogen-bond donors (Lipinski definition) is 0. The molecule has 0 atom stereocenters. The van der Waals surface area contributed by atoms with Crippen molar-refractivity contribution in [1.82, 2.24) is 0 Å². The Labute approximate surface area is 107 Å². The van der Waals surface area contributed by atoms with Gasteiger partial charge in [0.15, 0.2) is 5.78 Å². The zero-order valence-corrected chi connectivity index (χ0v) is 10.5. The summed E-state index contributed by atoms with van der Waals surface area (Å²) in [6.07, 6.45) is 0. The predicted octanol–water partition coefficient (Wildman–Crippen LogP) is 4.16. The van der Waals surface area contributed by atoms with Crippen molar-refractivity contribution in [2.45, 2.75) is 0 Å². The number of ketones is 1. The summed E-state index contributed by atoms with van der Waals surface area (Å²) in [5, 5.41) is 1.47. The van der Waals surface area contributed by atoms with Crippen LogP contribution in [0.5, 0.6) is 0 Å². The smallest absolute Gasteiger partial charge is 0.199 e. The monoisotopic (exact) mass is 320 g/mol. The van der Waals surface area contributed by atoms with Crippen molar-refractivity contribution < 1.29 is 18.0 Å². The molecule has 0 radical (unpaired) electrons. The number of thiophene rings is 1. The first-order valence-electron chi connectivity index (χ1n) is 4.42. The second-order valence-electron chi connectivity index (χ2n) is 3.21.